The monoisotopic (exact) mass is 258 g/mol. The van der Waals surface area contributed by atoms with E-state index in [1.165, 1.54) is 31.7 Å². The highest BCUT2D eigenvalue weighted by molar-refractivity contribution is 5.19. The van der Waals surface area contributed by atoms with Gasteiger partial charge in [0.05, 0.1) is 0 Å². The van der Waals surface area contributed by atoms with Gasteiger partial charge < -0.3 is 5.32 Å². The van der Waals surface area contributed by atoms with Crippen LogP contribution in [0.1, 0.15) is 32.3 Å². The zero-order chi connectivity index (χ0) is 13.5. The highest BCUT2D eigenvalue weighted by atomic mass is 15.2. The molecule has 0 radical (unpaired) electrons. The maximum Gasteiger partial charge on any atom is 0.0197 e. The molecule has 0 aromatic heterocycles. The molecule has 2 aliphatic rings. The molecule has 0 amide bonds. The number of fused-ring (bicyclic) bond motifs is 1. The van der Waals surface area contributed by atoms with Crippen LogP contribution in [0.25, 0.3) is 0 Å². The van der Waals surface area contributed by atoms with Crippen LogP contribution in [0.2, 0.25) is 0 Å². The average molecular weight is 258 g/mol. The number of nitrogens with one attached hydrogen (secondary N) is 1. The van der Waals surface area contributed by atoms with E-state index in [-0.39, 0.29) is 0 Å². The van der Waals surface area contributed by atoms with Crippen LogP contribution in [-0.4, -0.2) is 36.6 Å². The van der Waals surface area contributed by atoms with Gasteiger partial charge >= 0.3 is 0 Å². The van der Waals surface area contributed by atoms with E-state index in [1.54, 1.807) is 0 Å². The molecule has 1 aromatic rings. The molecule has 2 heteroatoms. The molecule has 0 saturated carbocycles. The van der Waals surface area contributed by atoms with E-state index in [4.69, 9.17) is 0 Å². The Morgan fingerprint density at radius 1 is 1.26 bits per heavy atom. The first-order valence-corrected chi connectivity index (χ1v) is 7.59. The molecule has 2 heterocycles. The summed E-state index contributed by atoms with van der Waals surface area (Å²) in [5.41, 5.74) is 1.81. The van der Waals surface area contributed by atoms with Crippen molar-refractivity contribution in [1.29, 1.82) is 0 Å². The summed E-state index contributed by atoms with van der Waals surface area (Å²) in [6.45, 7) is 12.1. The molecule has 2 fully saturated rings. The second-order valence-corrected chi connectivity index (χ2v) is 6.90. The first-order valence-electron chi connectivity index (χ1n) is 7.59. The van der Waals surface area contributed by atoms with Crippen LogP contribution in [0.5, 0.6) is 0 Å². The van der Waals surface area contributed by atoms with E-state index >= 15 is 0 Å². The van der Waals surface area contributed by atoms with Gasteiger partial charge in [0, 0.05) is 25.2 Å². The molecule has 104 valence electrons. The van der Waals surface area contributed by atoms with Crippen molar-refractivity contribution >= 4 is 0 Å². The summed E-state index contributed by atoms with van der Waals surface area (Å²) in [5, 5.41) is 3.56. The highest BCUT2D eigenvalue weighted by Gasteiger charge is 2.49. The topological polar surface area (TPSA) is 15.3 Å². The summed E-state index contributed by atoms with van der Waals surface area (Å²) in [7, 11) is 0. The Balaban J connectivity index is 1.70. The molecule has 1 N–H and O–H groups in total. The summed E-state index contributed by atoms with van der Waals surface area (Å²) in [6.07, 6.45) is 0. The first-order chi connectivity index (χ1) is 9.09. The maximum atomic E-state index is 3.56. The molecular weight excluding hydrogens is 232 g/mol. The molecule has 2 aliphatic heterocycles. The summed E-state index contributed by atoms with van der Waals surface area (Å²) in [4.78, 5) is 2.72. The van der Waals surface area contributed by atoms with Crippen molar-refractivity contribution in [2.24, 2.45) is 11.8 Å². The number of nitrogens with zero attached hydrogens (tertiary/aromatic N) is 1. The first kappa shape index (κ1) is 13.1. The maximum absolute atomic E-state index is 3.56. The van der Waals surface area contributed by atoms with Crippen molar-refractivity contribution in [3.8, 4) is 0 Å². The van der Waals surface area contributed by atoms with E-state index < -0.39 is 0 Å². The molecule has 3 unspecified atom stereocenters. The SMILES string of the molecule is CC(CN1CC2CNCC2C1(C)C)c1ccccc1. The Morgan fingerprint density at radius 3 is 2.68 bits per heavy atom. The Hall–Kier alpha value is -0.860. The lowest BCUT2D eigenvalue weighted by Crippen LogP contribution is -2.45. The van der Waals surface area contributed by atoms with Crippen LogP contribution in [0.4, 0.5) is 0 Å². The smallest absolute Gasteiger partial charge is 0.0197 e. The third-order valence-corrected chi connectivity index (χ3v) is 5.38. The molecule has 3 rings (SSSR count). The minimum atomic E-state index is 0.344. The lowest BCUT2D eigenvalue weighted by molar-refractivity contribution is 0.133. The molecule has 0 bridgehead atoms. The molecule has 19 heavy (non-hydrogen) atoms. The van der Waals surface area contributed by atoms with Crippen molar-refractivity contribution in [3.63, 3.8) is 0 Å². The van der Waals surface area contributed by atoms with Crippen LogP contribution in [0.15, 0.2) is 30.3 Å². The van der Waals surface area contributed by atoms with Gasteiger partial charge in [-0.3, -0.25) is 4.90 Å². The predicted octanol–water partition coefficient (Wildman–Crippen LogP) is 2.72. The van der Waals surface area contributed by atoms with E-state index in [9.17, 15) is 0 Å². The molecule has 1 aromatic carbocycles. The molecule has 0 spiro atoms. The number of hydrogen-bond acceptors (Lipinski definition) is 2. The minimum Gasteiger partial charge on any atom is -0.316 e. The zero-order valence-corrected chi connectivity index (χ0v) is 12.4. The quantitative estimate of drug-likeness (QED) is 0.897. The minimum absolute atomic E-state index is 0.344. The van der Waals surface area contributed by atoms with Gasteiger partial charge in [0.1, 0.15) is 0 Å². The van der Waals surface area contributed by atoms with E-state index in [2.05, 4.69) is 61.3 Å². The molecule has 0 aliphatic carbocycles. The van der Waals surface area contributed by atoms with Crippen LogP contribution in [-0.2, 0) is 0 Å². The van der Waals surface area contributed by atoms with Crippen molar-refractivity contribution < 1.29 is 0 Å². The van der Waals surface area contributed by atoms with Gasteiger partial charge in [-0.25, -0.2) is 0 Å². The highest BCUT2D eigenvalue weighted by Crippen LogP contribution is 2.41. The second kappa shape index (κ2) is 4.92. The van der Waals surface area contributed by atoms with Crippen molar-refractivity contribution in [1.82, 2.24) is 10.2 Å². The van der Waals surface area contributed by atoms with Gasteiger partial charge in [-0.15, -0.1) is 0 Å². The van der Waals surface area contributed by atoms with Crippen LogP contribution >= 0.6 is 0 Å². The van der Waals surface area contributed by atoms with E-state index in [1.807, 2.05) is 0 Å². The lowest BCUT2D eigenvalue weighted by Gasteiger charge is -2.37. The van der Waals surface area contributed by atoms with Gasteiger partial charge in [-0.1, -0.05) is 37.3 Å². The fourth-order valence-corrected chi connectivity index (χ4v) is 4.03. The fourth-order valence-electron chi connectivity index (χ4n) is 4.03. The van der Waals surface area contributed by atoms with E-state index in [0.29, 0.717) is 11.5 Å². The predicted molar refractivity (Wildman–Crippen MR) is 80.4 cm³/mol. The molecule has 3 atom stereocenters. The molecular formula is C17H26N2. The zero-order valence-electron chi connectivity index (χ0n) is 12.4. The second-order valence-electron chi connectivity index (χ2n) is 6.90. The Kier molecular flexibility index (Phi) is 3.40. The molecule has 2 nitrogen and oxygen atoms in total. The van der Waals surface area contributed by atoms with Gasteiger partial charge in [0.2, 0.25) is 0 Å². The average Bonchev–Trinajstić information content (AvgIpc) is 2.95. The van der Waals surface area contributed by atoms with Crippen molar-refractivity contribution in [3.05, 3.63) is 35.9 Å². The third kappa shape index (κ3) is 2.32. The van der Waals surface area contributed by atoms with Crippen molar-refractivity contribution in [2.75, 3.05) is 26.2 Å². The number of benzene rings is 1. The normalized spacial score (nSPS) is 31.3. The number of rotatable bonds is 3. The lowest BCUT2D eigenvalue weighted by atomic mass is 9.84. The van der Waals surface area contributed by atoms with Crippen LogP contribution in [0.3, 0.4) is 0 Å². The standard InChI is InChI=1S/C17H26N2/c1-13(14-7-5-4-6-8-14)11-19-12-15-9-18-10-16(15)17(19,2)3/h4-8,13,15-16,18H,9-12H2,1-3H3. The fraction of sp³-hybridized carbons (Fsp3) is 0.647. The molecule has 2 saturated heterocycles. The van der Waals surface area contributed by atoms with Crippen molar-refractivity contribution in [2.45, 2.75) is 32.2 Å². The summed E-state index contributed by atoms with van der Waals surface area (Å²) < 4.78 is 0. The Bertz CT molecular complexity index is 426. The van der Waals surface area contributed by atoms with Gasteiger partial charge in [-0.05, 0) is 43.7 Å². The largest absolute Gasteiger partial charge is 0.316 e. The summed E-state index contributed by atoms with van der Waals surface area (Å²) in [5.74, 6) is 2.31. The van der Waals surface area contributed by atoms with Crippen LogP contribution < -0.4 is 5.32 Å². The summed E-state index contributed by atoms with van der Waals surface area (Å²) >= 11 is 0. The third-order valence-electron chi connectivity index (χ3n) is 5.38. The summed E-state index contributed by atoms with van der Waals surface area (Å²) in [6, 6.07) is 10.9. The number of likely N-dealkylation sites (tertiary alicyclic amines) is 1. The van der Waals surface area contributed by atoms with Gasteiger partial charge in [0.15, 0.2) is 0 Å². The Labute approximate surface area is 117 Å². The number of hydrogen-bond donors (Lipinski definition) is 1. The Morgan fingerprint density at radius 2 is 2.00 bits per heavy atom. The van der Waals surface area contributed by atoms with Gasteiger partial charge in [0.25, 0.3) is 0 Å². The van der Waals surface area contributed by atoms with E-state index in [0.717, 1.165) is 11.8 Å². The van der Waals surface area contributed by atoms with Crippen LogP contribution in [0, 0.1) is 11.8 Å². The van der Waals surface area contributed by atoms with Gasteiger partial charge in [-0.2, -0.15) is 0 Å².